The summed E-state index contributed by atoms with van der Waals surface area (Å²) in [4.78, 5) is 26.1. The van der Waals surface area contributed by atoms with E-state index < -0.39 is 0 Å². The maximum atomic E-state index is 12.8. The van der Waals surface area contributed by atoms with E-state index in [1.807, 2.05) is 13.8 Å². The Morgan fingerprint density at radius 2 is 2.10 bits per heavy atom. The third-order valence-corrected chi connectivity index (χ3v) is 3.48. The van der Waals surface area contributed by atoms with Crippen LogP contribution in [0.2, 0.25) is 0 Å². The van der Waals surface area contributed by atoms with E-state index in [9.17, 15) is 9.59 Å². The van der Waals surface area contributed by atoms with Gasteiger partial charge in [0.1, 0.15) is 12.1 Å². The molecule has 0 spiro atoms. The summed E-state index contributed by atoms with van der Waals surface area (Å²) >= 11 is 0. The lowest BCUT2D eigenvalue weighted by Gasteiger charge is -2.21. The number of carbonyl (C=O) groups is 2. The van der Waals surface area contributed by atoms with E-state index in [0.717, 1.165) is 12.8 Å². The van der Waals surface area contributed by atoms with Gasteiger partial charge in [-0.15, -0.1) is 0 Å². The highest BCUT2D eigenvalue weighted by Crippen LogP contribution is 2.31. The Labute approximate surface area is 124 Å². The molecule has 1 heterocycles. The zero-order chi connectivity index (χ0) is 15.6. The van der Waals surface area contributed by atoms with Crippen molar-refractivity contribution in [3.8, 4) is 0 Å². The molecular weight excluding hydrogens is 272 g/mol. The number of carbonyl (C=O) groups excluding carboxylic acids is 2. The van der Waals surface area contributed by atoms with Crippen molar-refractivity contribution in [1.29, 1.82) is 0 Å². The number of amides is 1. The first kappa shape index (κ1) is 15.5. The largest absolute Gasteiger partial charge is 0.465 e. The molecule has 0 unspecified atom stereocenters. The van der Waals surface area contributed by atoms with Crippen molar-refractivity contribution in [2.24, 2.45) is 0 Å². The second-order valence-electron chi connectivity index (χ2n) is 5.63. The second-order valence-corrected chi connectivity index (χ2v) is 5.63. The molecule has 1 aromatic heterocycles. The first-order valence-electron chi connectivity index (χ1n) is 7.38. The molecule has 1 aliphatic rings. The molecule has 0 aliphatic heterocycles. The van der Waals surface area contributed by atoms with Gasteiger partial charge in [-0.05, 0) is 26.7 Å². The molecule has 6 nitrogen and oxygen atoms in total. The summed E-state index contributed by atoms with van der Waals surface area (Å²) in [7, 11) is 0. The summed E-state index contributed by atoms with van der Waals surface area (Å²) in [6.45, 7) is 7.70. The van der Waals surface area contributed by atoms with Crippen LogP contribution in [-0.4, -0.2) is 41.1 Å². The van der Waals surface area contributed by atoms with E-state index in [1.165, 1.54) is 0 Å². The van der Waals surface area contributed by atoms with Gasteiger partial charge in [0, 0.05) is 12.0 Å². The smallest absolute Gasteiger partial charge is 0.325 e. The Morgan fingerprint density at radius 3 is 2.62 bits per heavy atom. The second kappa shape index (κ2) is 6.28. The van der Waals surface area contributed by atoms with Crippen LogP contribution in [0, 0.1) is 6.92 Å². The van der Waals surface area contributed by atoms with Crippen LogP contribution < -0.4 is 0 Å². The summed E-state index contributed by atoms with van der Waals surface area (Å²) < 4.78 is 10.2. The standard InChI is InChI=1S/C15H22N2O4/c1-5-20-12(18)8-17(11-6-7-11)15(19)13-10(4)16-21-14(13)9(2)3/h9,11H,5-8H2,1-4H3. The quantitative estimate of drug-likeness (QED) is 0.753. The van der Waals surface area contributed by atoms with Crippen molar-refractivity contribution in [2.75, 3.05) is 13.2 Å². The minimum absolute atomic E-state index is 0.0144. The maximum absolute atomic E-state index is 12.8. The molecule has 0 bridgehead atoms. The van der Waals surface area contributed by atoms with E-state index >= 15 is 0 Å². The van der Waals surface area contributed by atoms with Gasteiger partial charge in [-0.25, -0.2) is 0 Å². The lowest BCUT2D eigenvalue weighted by Crippen LogP contribution is -2.38. The Kier molecular flexibility index (Phi) is 4.65. The van der Waals surface area contributed by atoms with Crippen LogP contribution in [0.1, 0.15) is 61.3 Å². The van der Waals surface area contributed by atoms with Crippen LogP contribution in [0.15, 0.2) is 4.52 Å². The average Bonchev–Trinajstić information content (AvgIpc) is 3.18. The van der Waals surface area contributed by atoms with Crippen molar-refractivity contribution >= 4 is 11.9 Å². The summed E-state index contributed by atoms with van der Waals surface area (Å²) in [5.74, 6) is 0.0757. The third-order valence-electron chi connectivity index (χ3n) is 3.48. The topological polar surface area (TPSA) is 72.6 Å². The van der Waals surface area contributed by atoms with Gasteiger partial charge >= 0.3 is 5.97 Å². The monoisotopic (exact) mass is 294 g/mol. The fourth-order valence-electron chi connectivity index (χ4n) is 2.28. The highest BCUT2D eigenvalue weighted by Gasteiger charge is 2.37. The predicted octanol–water partition coefficient (Wildman–Crippen LogP) is 2.27. The molecule has 0 aromatic carbocycles. The first-order valence-corrected chi connectivity index (χ1v) is 7.38. The van der Waals surface area contributed by atoms with Gasteiger partial charge in [0.2, 0.25) is 0 Å². The molecular formula is C15H22N2O4. The molecule has 6 heteroatoms. The summed E-state index contributed by atoms with van der Waals surface area (Å²) in [5, 5.41) is 3.90. The van der Waals surface area contributed by atoms with Crippen LogP contribution in [0.5, 0.6) is 0 Å². The third kappa shape index (κ3) is 3.43. The Morgan fingerprint density at radius 1 is 1.43 bits per heavy atom. The van der Waals surface area contributed by atoms with Gasteiger partial charge in [-0.2, -0.15) is 0 Å². The molecule has 1 saturated carbocycles. The SMILES string of the molecule is CCOC(=O)CN(C(=O)c1c(C)noc1C(C)C)C1CC1. The molecule has 0 saturated heterocycles. The average molecular weight is 294 g/mol. The van der Waals surface area contributed by atoms with E-state index in [2.05, 4.69) is 5.16 Å². The number of ether oxygens (including phenoxy) is 1. The van der Waals surface area contributed by atoms with Crippen molar-refractivity contribution in [3.05, 3.63) is 17.0 Å². The number of aryl methyl sites for hydroxylation is 1. The van der Waals surface area contributed by atoms with Crippen molar-refractivity contribution < 1.29 is 18.8 Å². The van der Waals surface area contributed by atoms with Crippen LogP contribution in [0.3, 0.4) is 0 Å². The van der Waals surface area contributed by atoms with Crippen LogP contribution in [-0.2, 0) is 9.53 Å². The van der Waals surface area contributed by atoms with E-state index in [4.69, 9.17) is 9.26 Å². The summed E-state index contributed by atoms with van der Waals surface area (Å²) in [6.07, 6.45) is 1.85. The minimum Gasteiger partial charge on any atom is -0.465 e. The van der Waals surface area contributed by atoms with Crippen LogP contribution in [0.25, 0.3) is 0 Å². The minimum atomic E-state index is -0.377. The molecule has 21 heavy (non-hydrogen) atoms. The molecule has 116 valence electrons. The summed E-state index contributed by atoms with van der Waals surface area (Å²) in [5.41, 5.74) is 1.06. The molecule has 1 amide bonds. The Balaban J connectivity index is 2.23. The van der Waals surface area contributed by atoms with Gasteiger partial charge in [0.05, 0.1) is 12.3 Å². The maximum Gasteiger partial charge on any atom is 0.325 e. The van der Waals surface area contributed by atoms with Crippen molar-refractivity contribution in [2.45, 2.75) is 52.5 Å². The molecule has 1 aromatic rings. The molecule has 0 radical (unpaired) electrons. The Hall–Kier alpha value is -1.85. The van der Waals surface area contributed by atoms with Gasteiger partial charge in [-0.3, -0.25) is 9.59 Å². The molecule has 2 rings (SSSR count). The summed E-state index contributed by atoms with van der Waals surface area (Å²) in [6, 6.07) is 0.121. The van der Waals surface area contributed by atoms with Gasteiger partial charge in [0.15, 0.2) is 5.76 Å². The number of nitrogens with zero attached hydrogens (tertiary/aromatic N) is 2. The zero-order valence-corrected chi connectivity index (χ0v) is 13.0. The predicted molar refractivity (Wildman–Crippen MR) is 76.0 cm³/mol. The zero-order valence-electron chi connectivity index (χ0n) is 13.0. The van der Waals surface area contributed by atoms with Gasteiger partial charge in [0.25, 0.3) is 5.91 Å². The van der Waals surface area contributed by atoms with E-state index in [-0.39, 0.29) is 30.4 Å². The lowest BCUT2D eigenvalue weighted by molar-refractivity contribution is -0.144. The van der Waals surface area contributed by atoms with Crippen LogP contribution >= 0.6 is 0 Å². The highest BCUT2D eigenvalue weighted by molar-refractivity contribution is 5.98. The normalized spacial score (nSPS) is 14.3. The van der Waals surface area contributed by atoms with Crippen molar-refractivity contribution in [3.63, 3.8) is 0 Å². The van der Waals surface area contributed by atoms with E-state index in [1.54, 1.807) is 18.7 Å². The Bertz CT molecular complexity index is 532. The first-order chi connectivity index (χ1) is 9.95. The molecule has 1 fully saturated rings. The van der Waals surface area contributed by atoms with Crippen LogP contribution in [0.4, 0.5) is 0 Å². The van der Waals surface area contributed by atoms with E-state index in [0.29, 0.717) is 23.6 Å². The number of hydrogen-bond donors (Lipinski definition) is 0. The molecule has 1 aliphatic carbocycles. The highest BCUT2D eigenvalue weighted by atomic mass is 16.5. The fraction of sp³-hybridized carbons (Fsp3) is 0.667. The van der Waals surface area contributed by atoms with Gasteiger partial charge in [-0.1, -0.05) is 19.0 Å². The number of rotatable bonds is 6. The lowest BCUT2D eigenvalue weighted by atomic mass is 10.0. The van der Waals surface area contributed by atoms with Crippen molar-refractivity contribution in [1.82, 2.24) is 10.1 Å². The van der Waals surface area contributed by atoms with Gasteiger partial charge < -0.3 is 14.2 Å². The molecule has 0 N–H and O–H groups in total. The number of aromatic nitrogens is 1. The molecule has 0 atom stereocenters. The number of esters is 1. The fourth-order valence-corrected chi connectivity index (χ4v) is 2.28. The number of hydrogen-bond acceptors (Lipinski definition) is 5.